The number of nitrogens with zero attached hydrogens (tertiary/aromatic N) is 4. The summed E-state index contributed by atoms with van der Waals surface area (Å²) in [6.07, 6.45) is 3.53. The molecule has 0 fully saturated rings. The van der Waals surface area contributed by atoms with Gasteiger partial charge in [-0.15, -0.1) is 0 Å². The maximum atomic E-state index is 12.7. The first kappa shape index (κ1) is 17.6. The lowest BCUT2D eigenvalue weighted by Crippen LogP contribution is -2.23. The van der Waals surface area contributed by atoms with Gasteiger partial charge < -0.3 is 0 Å². The highest BCUT2D eigenvalue weighted by atomic mass is 35.5. The minimum absolute atomic E-state index is 0.0428. The first-order valence-electron chi connectivity index (χ1n) is 7.62. The number of thioether (sulfide) groups is 1. The molecule has 0 aliphatic heterocycles. The Bertz CT molecular complexity index is 961. The average molecular weight is 379 g/mol. The summed E-state index contributed by atoms with van der Waals surface area (Å²) in [6, 6.07) is 3.17. The number of aryl methyl sites for hydroxylation is 1. The van der Waals surface area contributed by atoms with Crippen molar-refractivity contribution < 1.29 is 9.59 Å². The van der Waals surface area contributed by atoms with Gasteiger partial charge in [0.2, 0.25) is 5.12 Å². The van der Waals surface area contributed by atoms with Crippen LogP contribution in [0.15, 0.2) is 27.9 Å². The molecule has 0 saturated carbocycles. The second-order valence-electron chi connectivity index (χ2n) is 5.69. The van der Waals surface area contributed by atoms with Crippen LogP contribution in [0, 0.1) is 6.92 Å². The summed E-state index contributed by atoms with van der Waals surface area (Å²) in [5.41, 5.74) is 0.832. The van der Waals surface area contributed by atoms with E-state index in [9.17, 15) is 14.4 Å². The number of carbonyl (C=O) groups is 2. The number of benzene rings is 1. The fraction of sp³-hybridized carbons (Fsp3) is 0.312. The maximum absolute atomic E-state index is 12.7. The molecule has 0 radical (unpaired) electrons. The summed E-state index contributed by atoms with van der Waals surface area (Å²) in [6.45, 7) is 1.70. The molecule has 0 saturated heterocycles. The van der Waals surface area contributed by atoms with E-state index in [1.54, 1.807) is 19.1 Å². The van der Waals surface area contributed by atoms with Gasteiger partial charge in [-0.1, -0.05) is 23.4 Å². The quantitative estimate of drug-likeness (QED) is 0.815. The van der Waals surface area contributed by atoms with E-state index in [0.29, 0.717) is 34.7 Å². The van der Waals surface area contributed by atoms with Crippen molar-refractivity contribution in [2.45, 2.75) is 26.2 Å². The summed E-state index contributed by atoms with van der Waals surface area (Å²) in [4.78, 5) is 37.0. The van der Waals surface area contributed by atoms with Crippen molar-refractivity contribution in [3.05, 3.63) is 49.7 Å². The van der Waals surface area contributed by atoms with Crippen molar-refractivity contribution in [1.29, 1.82) is 0 Å². The van der Waals surface area contributed by atoms with Crippen LogP contribution in [0.2, 0.25) is 5.02 Å². The number of aromatic nitrogens is 4. The molecule has 9 heteroatoms. The third-order valence-corrected chi connectivity index (χ3v) is 5.22. The van der Waals surface area contributed by atoms with Crippen LogP contribution in [-0.4, -0.2) is 30.7 Å². The molecule has 1 aromatic carbocycles. The van der Waals surface area contributed by atoms with Gasteiger partial charge in [0.25, 0.3) is 0 Å². The molecular formula is C16H15ClN4O3S. The standard InChI is InChI=1S/C16H15ClN4O3S/c1-9-12(15(23)25-11-5-3-4-10(22)8-11)6-7-13(17)14(9)21-16(24)20(2)18-19-21/h6-8H,3-5H2,1-2H3. The zero-order valence-electron chi connectivity index (χ0n) is 13.7. The summed E-state index contributed by atoms with van der Waals surface area (Å²) in [7, 11) is 1.48. The molecule has 130 valence electrons. The molecule has 0 N–H and O–H groups in total. The van der Waals surface area contributed by atoms with Gasteiger partial charge >= 0.3 is 5.69 Å². The molecule has 1 aliphatic rings. The molecule has 3 rings (SSSR count). The first-order chi connectivity index (χ1) is 11.9. The third-order valence-electron chi connectivity index (χ3n) is 3.93. The van der Waals surface area contributed by atoms with Crippen molar-refractivity contribution >= 4 is 34.3 Å². The Hall–Kier alpha value is -2.19. The van der Waals surface area contributed by atoms with Crippen LogP contribution in [0.5, 0.6) is 0 Å². The number of hydrogen-bond acceptors (Lipinski definition) is 6. The second kappa shape index (κ2) is 6.97. The molecule has 25 heavy (non-hydrogen) atoms. The fourth-order valence-corrected chi connectivity index (χ4v) is 3.91. The topological polar surface area (TPSA) is 86.8 Å². The minimum atomic E-state index is -0.456. The van der Waals surface area contributed by atoms with Crippen molar-refractivity contribution in [1.82, 2.24) is 19.8 Å². The van der Waals surface area contributed by atoms with Crippen molar-refractivity contribution in [2.24, 2.45) is 7.05 Å². The minimum Gasteiger partial charge on any atom is -0.295 e. The van der Waals surface area contributed by atoms with Crippen LogP contribution in [0.4, 0.5) is 0 Å². The summed E-state index contributed by atoms with van der Waals surface area (Å²) < 4.78 is 2.15. The zero-order valence-corrected chi connectivity index (χ0v) is 15.2. The van der Waals surface area contributed by atoms with E-state index < -0.39 is 5.69 Å². The molecule has 0 unspecified atom stereocenters. The van der Waals surface area contributed by atoms with E-state index in [0.717, 1.165) is 32.5 Å². The van der Waals surface area contributed by atoms with Crippen LogP contribution < -0.4 is 5.69 Å². The van der Waals surface area contributed by atoms with Gasteiger partial charge in [0, 0.05) is 19.0 Å². The molecule has 0 amide bonds. The lowest BCUT2D eigenvalue weighted by Gasteiger charge is -2.13. The van der Waals surface area contributed by atoms with Gasteiger partial charge in [0.05, 0.1) is 10.7 Å². The van der Waals surface area contributed by atoms with Gasteiger partial charge in [-0.3, -0.25) is 9.59 Å². The van der Waals surface area contributed by atoms with Gasteiger partial charge in [0.15, 0.2) is 5.78 Å². The predicted molar refractivity (Wildman–Crippen MR) is 95.2 cm³/mol. The number of carbonyl (C=O) groups excluding carboxylic acids is 2. The van der Waals surface area contributed by atoms with Crippen molar-refractivity contribution in [2.75, 3.05) is 0 Å². The number of ketones is 1. The molecular weight excluding hydrogens is 364 g/mol. The molecule has 1 heterocycles. The number of hydrogen-bond donors (Lipinski definition) is 0. The maximum Gasteiger partial charge on any atom is 0.368 e. The van der Waals surface area contributed by atoms with Crippen molar-refractivity contribution in [3.8, 4) is 5.69 Å². The number of tetrazole rings is 1. The average Bonchev–Trinajstić information content (AvgIpc) is 2.87. The Balaban J connectivity index is 1.99. The monoisotopic (exact) mass is 378 g/mol. The Kier molecular flexibility index (Phi) is 4.91. The van der Waals surface area contributed by atoms with E-state index in [1.165, 1.54) is 13.1 Å². The molecule has 7 nitrogen and oxygen atoms in total. The molecule has 0 atom stereocenters. The van der Waals surface area contributed by atoms with Crippen LogP contribution >= 0.6 is 23.4 Å². The Labute approximate surface area is 152 Å². The Morgan fingerprint density at radius 2 is 2.00 bits per heavy atom. The number of allylic oxidation sites excluding steroid dienone is 2. The third kappa shape index (κ3) is 3.45. The van der Waals surface area contributed by atoms with E-state index >= 15 is 0 Å². The highest BCUT2D eigenvalue weighted by Gasteiger charge is 2.21. The molecule has 1 aromatic heterocycles. The van der Waals surface area contributed by atoms with Crippen LogP contribution in [0.3, 0.4) is 0 Å². The lowest BCUT2D eigenvalue weighted by atomic mass is 10.1. The summed E-state index contributed by atoms with van der Waals surface area (Å²) in [5.74, 6) is 0.0428. The van der Waals surface area contributed by atoms with Gasteiger partial charge in [-0.2, -0.15) is 9.36 Å². The summed E-state index contributed by atoms with van der Waals surface area (Å²) in [5, 5.41) is 7.56. The van der Waals surface area contributed by atoms with Gasteiger partial charge in [0.1, 0.15) is 0 Å². The van der Waals surface area contributed by atoms with Crippen LogP contribution in [0.1, 0.15) is 35.2 Å². The van der Waals surface area contributed by atoms with Crippen molar-refractivity contribution in [3.63, 3.8) is 0 Å². The van der Waals surface area contributed by atoms with E-state index in [-0.39, 0.29) is 10.9 Å². The van der Waals surface area contributed by atoms with E-state index in [4.69, 9.17) is 11.6 Å². The summed E-state index contributed by atoms with van der Waals surface area (Å²) >= 11 is 7.26. The van der Waals surface area contributed by atoms with Crippen LogP contribution in [0.25, 0.3) is 5.69 Å². The van der Waals surface area contributed by atoms with E-state index in [2.05, 4.69) is 10.4 Å². The zero-order chi connectivity index (χ0) is 18.1. The normalized spacial score (nSPS) is 14.5. The van der Waals surface area contributed by atoms with Gasteiger partial charge in [-0.05, 0) is 58.9 Å². The highest BCUT2D eigenvalue weighted by molar-refractivity contribution is 8.17. The molecule has 0 spiro atoms. The number of halogens is 1. The molecule has 2 aromatic rings. The SMILES string of the molecule is Cc1c(C(=O)SC2=CC(=O)CCC2)ccc(Cl)c1-n1nnn(C)c1=O. The predicted octanol–water partition coefficient (Wildman–Crippen LogP) is 2.44. The smallest absolute Gasteiger partial charge is 0.295 e. The lowest BCUT2D eigenvalue weighted by molar-refractivity contribution is -0.115. The largest absolute Gasteiger partial charge is 0.368 e. The number of rotatable bonds is 3. The van der Waals surface area contributed by atoms with E-state index in [1.807, 2.05) is 0 Å². The fourth-order valence-electron chi connectivity index (χ4n) is 2.62. The highest BCUT2D eigenvalue weighted by Crippen LogP contribution is 2.32. The molecule has 1 aliphatic carbocycles. The second-order valence-corrected chi connectivity index (χ2v) is 7.19. The Morgan fingerprint density at radius 1 is 1.24 bits per heavy atom. The molecule has 0 bridgehead atoms. The Morgan fingerprint density at radius 3 is 2.64 bits per heavy atom. The van der Waals surface area contributed by atoms with Gasteiger partial charge in [-0.25, -0.2) is 4.79 Å². The van der Waals surface area contributed by atoms with Crippen LogP contribution in [-0.2, 0) is 11.8 Å². The first-order valence-corrected chi connectivity index (χ1v) is 8.82.